The number of nitrogens with two attached hydrogens (primary N) is 1. The van der Waals surface area contributed by atoms with Crippen LogP contribution in [0.15, 0.2) is 42.5 Å². The number of amides is 2. The number of carbonyl (C=O) groups is 2. The summed E-state index contributed by atoms with van der Waals surface area (Å²) in [4.78, 5) is 23.3. The molecule has 0 unspecified atom stereocenters. The highest BCUT2D eigenvalue weighted by atomic mass is 16.2. The van der Waals surface area contributed by atoms with Crippen LogP contribution in [0.25, 0.3) is 0 Å². The zero-order valence-electron chi connectivity index (χ0n) is 11.9. The van der Waals surface area contributed by atoms with Crippen LogP contribution in [0.1, 0.15) is 22.8 Å². The van der Waals surface area contributed by atoms with Crippen LogP contribution in [0, 0.1) is 6.92 Å². The Labute approximate surface area is 123 Å². The molecule has 108 valence electrons. The maximum atomic E-state index is 12.2. The van der Waals surface area contributed by atoms with Crippen LogP contribution in [-0.2, 0) is 4.79 Å². The fourth-order valence-corrected chi connectivity index (χ4v) is 1.93. The van der Waals surface area contributed by atoms with Crippen LogP contribution in [0.5, 0.6) is 0 Å². The van der Waals surface area contributed by atoms with Gasteiger partial charge in [-0.25, -0.2) is 0 Å². The molecular formula is C16H17N3O2. The summed E-state index contributed by atoms with van der Waals surface area (Å²) in [5.41, 5.74) is 8.79. The van der Waals surface area contributed by atoms with Gasteiger partial charge in [0.2, 0.25) is 5.91 Å². The summed E-state index contributed by atoms with van der Waals surface area (Å²) in [5, 5.41) is 5.49. The van der Waals surface area contributed by atoms with Crippen molar-refractivity contribution in [2.75, 3.05) is 16.4 Å². The Hall–Kier alpha value is -2.82. The standard InChI is InChI=1S/C16H17N3O2/c1-10-7-8-12(18-11(2)20)9-15(10)19-16(21)13-5-3-4-6-14(13)17/h3-9H,17H2,1-2H3,(H,18,20)(H,19,21). The SMILES string of the molecule is CC(=O)Nc1ccc(C)c(NC(=O)c2ccccc2N)c1. The molecule has 5 nitrogen and oxygen atoms in total. The van der Waals surface area contributed by atoms with Gasteiger partial charge in [-0.3, -0.25) is 9.59 Å². The molecular weight excluding hydrogens is 266 g/mol. The second-order valence-corrected chi connectivity index (χ2v) is 4.75. The van der Waals surface area contributed by atoms with E-state index in [1.165, 1.54) is 6.92 Å². The molecule has 0 atom stereocenters. The van der Waals surface area contributed by atoms with Crippen LogP contribution in [0.4, 0.5) is 17.1 Å². The van der Waals surface area contributed by atoms with E-state index in [-0.39, 0.29) is 11.8 Å². The number of para-hydroxylation sites is 1. The summed E-state index contributed by atoms with van der Waals surface area (Å²) < 4.78 is 0. The molecule has 0 aromatic heterocycles. The van der Waals surface area contributed by atoms with Gasteiger partial charge >= 0.3 is 0 Å². The molecule has 21 heavy (non-hydrogen) atoms. The molecule has 0 saturated carbocycles. The molecule has 5 heteroatoms. The average Bonchev–Trinajstić information content (AvgIpc) is 2.42. The first-order valence-corrected chi connectivity index (χ1v) is 6.51. The maximum absolute atomic E-state index is 12.2. The zero-order chi connectivity index (χ0) is 15.4. The third-order valence-corrected chi connectivity index (χ3v) is 3.01. The summed E-state index contributed by atoms with van der Waals surface area (Å²) in [6.07, 6.45) is 0. The highest BCUT2D eigenvalue weighted by molar-refractivity contribution is 6.08. The molecule has 0 spiro atoms. The fraction of sp³-hybridized carbons (Fsp3) is 0.125. The van der Waals surface area contributed by atoms with Gasteiger partial charge in [0.05, 0.1) is 5.56 Å². The fourth-order valence-electron chi connectivity index (χ4n) is 1.93. The number of rotatable bonds is 3. The smallest absolute Gasteiger partial charge is 0.257 e. The van der Waals surface area contributed by atoms with Crippen molar-refractivity contribution in [3.05, 3.63) is 53.6 Å². The van der Waals surface area contributed by atoms with E-state index in [1.807, 2.05) is 13.0 Å². The van der Waals surface area contributed by atoms with Gasteiger partial charge in [0, 0.05) is 24.0 Å². The van der Waals surface area contributed by atoms with Gasteiger partial charge in [-0.15, -0.1) is 0 Å². The highest BCUT2D eigenvalue weighted by Gasteiger charge is 2.11. The summed E-state index contributed by atoms with van der Waals surface area (Å²) >= 11 is 0. The van der Waals surface area contributed by atoms with Crippen molar-refractivity contribution >= 4 is 28.9 Å². The molecule has 0 aliphatic carbocycles. The van der Waals surface area contributed by atoms with Crippen molar-refractivity contribution in [1.29, 1.82) is 0 Å². The Balaban J connectivity index is 2.24. The van der Waals surface area contributed by atoms with Crippen LogP contribution in [0.2, 0.25) is 0 Å². The first-order valence-electron chi connectivity index (χ1n) is 6.51. The third kappa shape index (κ3) is 3.60. The van der Waals surface area contributed by atoms with E-state index >= 15 is 0 Å². The first kappa shape index (κ1) is 14.6. The van der Waals surface area contributed by atoms with Gasteiger partial charge in [-0.1, -0.05) is 18.2 Å². The van der Waals surface area contributed by atoms with Crippen molar-refractivity contribution < 1.29 is 9.59 Å². The summed E-state index contributed by atoms with van der Waals surface area (Å²) in [6.45, 7) is 3.31. The lowest BCUT2D eigenvalue weighted by Crippen LogP contribution is -2.15. The van der Waals surface area contributed by atoms with E-state index < -0.39 is 0 Å². The van der Waals surface area contributed by atoms with Crippen molar-refractivity contribution in [1.82, 2.24) is 0 Å². The van der Waals surface area contributed by atoms with Crippen LogP contribution >= 0.6 is 0 Å². The van der Waals surface area contributed by atoms with E-state index in [9.17, 15) is 9.59 Å². The Bertz CT molecular complexity index is 696. The van der Waals surface area contributed by atoms with E-state index in [0.29, 0.717) is 22.6 Å². The third-order valence-electron chi connectivity index (χ3n) is 3.01. The minimum atomic E-state index is -0.281. The molecule has 2 amide bonds. The topological polar surface area (TPSA) is 84.2 Å². The van der Waals surface area contributed by atoms with Crippen molar-refractivity contribution in [3.8, 4) is 0 Å². The molecule has 2 rings (SSSR count). The predicted molar refractivity (Wildman–Crippen MR) is 84.3 cm³/mol. The van der Waals surface area contributed by atoms with E-state index in [0.717, 1.165) is 5.56 Å². The van der Waals surface area contributed by atoms with E-state index in [4.69, 9.17) is 5.73 Å². The summed E-state index contributed by atoms with van der Waals surface area (Å²) in [5.74, 6) is -0.445. The van der Waals surface area contributed by atoms with Crippen LogP contribution in [-0.4, -0.2) is 11.8 Å². The Morgan fingerprint density at radius 3 is 2.43 bits per heavy atom. The molecule has 0 bridgehead atoms. The van der Waals surface area contributed by atoms with Gasteiger partial charge in [-0.2, -0.15) is 0 Å². The number of hydrogen-bond acceptors (Lipinski definition) is 3. The maximum Gasteiger partial charge on any atom is 0.257 e. The number of benzene rings is 2. The number of aryl methyl sites for hydroxylation is 1. The quantitative estimate of drug-likeness (QED) is 0.757. The molecule has 0 saturated heterocycles. The molecule has 0 heterocycles. The van der Waals surface area contributed by atoms with Crippen molar-refractivity contribution in [3.63, 3.8) is 0 Å². The van der Waals surface area contributed by atoms with Gasteiger partial charge in [0.25, 0.3) is 5.91 Å². The highest BCUT2D eigenvalue weighted by Crippen LogP contribution is 2.22. The average molecular weight is 283 g/mol. The van der Waals surface area contributed by atoms with Crippen LogP contribution < -0.4 is 16.4 Å². The molecule has 4 N–H and O–H groups in total. The van der Waals surface area contributed by atoms with Gasteiger partial charge in [0.15, 0.2) is 0 Å². The Kier molecular flexibility index (Phi) is 4.23. The molecule has 2 aromatic carbocycles. The van der Waals surface area contributed by atoms with Crippen LogP contribution in [0.3, 0.4) is 0 Å². The number of nitrogen functional groups attached to an aromatic ring is 1. The lowest BCUT2D eigenvalue weighted by Gasteiger charge is -2.12. The van der Waals surface area contributed by atoms with Crippen molar-refractivity contribution in [2.45, 2.75) is 13.8 Å². The minimum absolute atomic E-state index is 0.163. The Morgan fingerprint density at radius 1 is 1.05 bits per heavy atom. The van der Waals surface area contributed by atoms with Gasteiger partial charge in [0.1, 0.15) is 0 Å². The molecule has 0 aliphatic heterocycles. The normalized spacial score (nSPS) is 10.0. The van der Waals surface area contributed by atoms with Crippen molar-refractivity contribution in [2.24, 2.45) is 0 Å². The number of hydrogen-bond donors (Lipinski definition) is 3. The zero-order valence-corrected chi connectivity index (χ0v) is 11.9. The number of nitrogens with one attached hydrogen (secondary N) is 2. The molecule has 0 aliphatic rings. The molecule has 2 aromatic rings. The first-order chi connectivity index (χ1) is 9.97. The van der Waals surface area contributed by atoms with E-state index in [1.54, 1.807) is 36.4 Å². The lowest BCUT2D eigenvalue weighted by molar-refractivity contribution is -0.114. The summed E-state index contributed by atoms with van der Waals surface area (Å²) in [7, 11) is 0. The number of anilines is 3. The number of carbonyl (C=O) groups excluding carboxylic acids is 2. The summed E-state index contributed by atoms with van der Waals surface area (Å²) in [6, 6.07) is 12.2. The molecule has 0 fully saturated rings. The lowest BCUT2D eigenvalue weighted by atomic mass is 10.1. The predicted octanol–water partition coefficient (Wildman–Crippen LogP) is 2.79. The van der Waals surface area contributed by atoms with E-state index in [2.05, 4.69) is 10.6 Å². The molecule has 0 radical (unpaired) electrons. The largest absolute Gasteiger partial charge is 0.398 e. The van der Waals surface area contributed by atoms with Gasteiger partial charge in [-0.05, 0) is 36.8 Å². The minimum Gasteiger partial charge on any atom is -0.398 e. The Morgan fingerprint density at radius 2 is 1.76 bits per heavy atom. The second kappa shape index (κ2) is 6.09. The monoisotopic (exact) mass is 283 g/mol. The van der Waals surface area contributed by atoms with Gasteiger partial charge < -0.3 is 16.4 Å². The second-order valence-electron chi connectivity index (χ2n) is 4.75.